The topological polar surface area (TPSA) is 37.4 Å². The summed E-state index contributed by atoms with van der Waals surface area (Å²) in [7, 11) is 0. The number of fused-ring (bicyclic) bond motifs is 1. The van der Waals surface area contributed by atoms with Gasteiger partial charge in [-0.05, 0) is 72.2 Å². The fraction of sp³-hybridized carbons (Fsp3) is 0.114. The van der Waals surface area contributed by atoms with E-state index in [2.05, 4.69) is 102 Å². The van der Waals surface area contributed by atoms with Gasteiger partial charge in [0.2, 0.25) is 0 Å². The fourth-order valence-electron chi connectivity index (χ4n) is 5.35. The maximum Gasteiger partial charge on any atom is 0.138 e. The van der Waals surface area contributed by atoms with E-state index in [1.807, 2.05) is 49.5 Å². The van der Waals surface area contributed by atoms with Crippen molar-refractivity contribution in [3.8, 4) is 16.9 Å². The van der Waals surface area contributed by atoms with Gasteiger partial charge in [-0.15, -0.1) is 0 Å². The second kappa shape index (κ2) is 10.9. The molecular weight excluding hydrogens is 478 g/mol. The number of anilines is 2. The van der Waals surface area contributed by atoms with Gasteiger partial charge in [-0.2, -0.15) is 0 Å². The zero-order valence-electron chi connectivity index (χ0n) is 22.2. The molecule has 0 saturated heterocycles. The van der Waals surface area contributed by atoms with E-state index in [-0.39, 0.29) is 6.04 Å². The Morgan fingerprint density at radius 3 is 2.33 bits per heavy atom. The maximum absolute atomic E-state index is 5.98. The van der Waals surface area contributed by atoms with Gasteiger partial charge in [0.1, 0.15) is 17.4 Å². The van der Waals surface area contributed by atoms with Crippen LogP contribution in [-0.4, -0.2) is 11.6 Å². The van der Waals surface area contributed by atoms with E-state index in [0.29, 0.717) is 6.61 Å². The predicted molar refractivity (Wildman–Crippen MR) is 160 cm³/mol. The van der Waals surface area contributed by atoms with Crippen LogP contribution in [0.3, 0.4) is 0 Å². The number of ether oxygens (including phenoxy) is 1. The Labute approximate surface area is 229 Å². The molecule has 1 aromatic heterocycles. The minimum atomic E-state index is -0.0379. The molecular formula is C35H31N3O. The SMILES string of the molecule is CCOc1ccccc1-c1cccc(C2C=c3ccccc3=C(N(c3ccccc3)c3ccccn3)N2)c1C. The van der Waals surface area contributed by atoms with Crippen LogP contribution < -0.4 is 25.4 Å². The summed E-state index contributed by atoms with van der Waals surface area (Å²) in [6.07, 6.45) is 4.16. The number of nitrogens with zero attached hydrogens (tertiary/aromatic N) is 2. The molecule has 39 heavy (non-hydrogen) atoms. The van der Waals surface area contributed by atoms with Crippen molar-refractivity contribution in [1.82, 2.24) is 10.3 Å². The summed E-state index contributed by atoms with van der Waals surface area (Å²) in [6.45, 7) is 4.86. The molecule has 6 rings (SSSR count). The molecule has 0 spiro atoms. The maximum atomic E-state index is 5.98. The van der Waals surface area contributed by atoms with Crippen molar-refractivity contribution in [3.63, 3.8) is 0 Å². The van der Waals surface area contributed by atoms with E-state index in [0.717, 1.165) is 33.9 Å². The highest BCUT2D eigenvalue weighted by Crippen LogP contribution is 2.36. The highest BCUT2D eigenvalue weighted by atomic mass is 16.5. The van der Waals surface area contributed by atoms with Gasteiger partial charge >= 0.3 is 0 Å². The third-order valence-electron chi connectivity index (χ3n) is 7.16. The smallest absolute Gasteiger partial charge is 0.138 e. The molecule has 0 aliphatic carbocycles. The van der Waals surface area contributed by atoms with Gasteiger partial charge in [0.25, 0.3) is 0 Å². The van der Waals surface area contributed by atoms with Crippen molar-refractivity contribution in [1.29, 1.82) is 0 Å². The van der Waals surface area contributed by atoms with Crippen LogP contribution in [0.1, 0.15) is 24.1 Å². The monoisotopic (exact) mass is 509 g/mol. The Balaban J connectivity index is 1.51. The van der Waals surface area contributed by atoms with Gasteiger partial charge in [0.05, 0.1) is 12.6 Å². The van der Waals surface area contributed by atoms with Crippen LogP contribution in [0, 0.1) is 6.92 Å². The lowest BCUT2D eigenvalue weighted by atomic mass is 9.91. The van der Waals surface area contributed by atoms with E-state index in [9.17, 15) is 0 Å². The molecule has 1 atom stereocenters. The summed E-state index contributed by atoms with van der Waals surface area (Å²) >= 11 is 0. The number of para-hydroxylation sites is 2. The van der Waals surface area contributed by atoms with Crippen molar-refractivity contribution in [3.05, 3.63) is 143 Å². The van der Waals surface area contributed by atoms with Crippen molar-refractivity contribution < 1.29 is 4.74 Å². The van der Waals surface area contributed by atoms with Crippen molar-refractivity contribution in [2.24, 2.45) is 0 Å². The third-order valence-corrected chi connectivity index (χ3v) is 7.16. The Morgan fingerprint density at radius 2 is 1.51 bits per heavy atom. The Kier molecular flexibility index (Phi) is 6.84. The Bertz CT molecular complexity index is 1680. The average molecular weight is 510 g/mol. The minimum absolute atomic E-state index is 0.0379. The number of hydrogen-bond donors (Lipinski definition) is 1. The molecule has 0 saturated carbocycles. The molecule has 0 radical (unpaired) electrons. The quantitative estimate of drug-likeness (QED) is 0.272. The zero-order valence-corrected chi connectivity index (χ0v) is 22.2. The van der Waals surface area contributed by atoms with Gasteiger partial charge in [-0.3, -0.25) is 4.90 Å². The average Bonchev–Trinajstić information content (AvgIpc) is 2.99. The molecule has 1 unspecified atom stereocenters. The van der Waals surface area contributed by atoms with Crippen LogP contribution in [-0.2, 0) is 0 Å². The largest absolute Gasteiger partial charge is 0.493 e. The molecule has 1 aliphatic heterocycles. The molecule has 4 aromatic carbocycles. The minimum Gasteiger partial charge on any atom is -0.493 e. The van der Waals surface area contributed by atoms with Crippen LogP contribution in [0.5, 0.6) is 5.75 Å². The molecule has 0 bridgehead atoms. The first kappa shape index (κ1) is 24.5. The van der Waals surface area contributed by atoms with Gasteiger partial charge in [-0.25, -0.2) is 4.98 Å². The van der Waals surface area contributed by atoms with Crippen molar-refractivity contribution >= 4 is 23.4 Å². The van der Waals surface area contributed by atoms with Gasteiger partial charge < -0.3 is 10.1 Å². The summed E-state index contributed by atoms with van der Waals surface area (Å²) < 4.78 is 5.98. The van der Waals surface area contributed by atoms with E-state index < -0.39 is 0 Å². The van der Waals surface area contributed by atoms with Crippen molar-refractivity contribution in [2.45, 2.75) is 19.9 Å². The summed E-state index contributed by atoms with van der Waals surface area (Å²) in [5.41, 5.74) is 5.78. The summed E-state index contributed by atoms with van der Waals surface area (Å²) in [5, 5.41) is 6.22. The number of rotatable bonds is 7. The van der Waals surface area contributed by atoms with Crippen LogP contribution in [0.25, 0.3) is 23.0 Å². The van der Waals surface area contributed by atoms with Crippen LogP contribution in [0.4, 0.5) is 11.5 Å². The third kappa shape index (κ3) is 4.77. The number of pyridine rings is 1. The highest BCUT2D eigenvalue weighted by molar-refractivity contribution is 5.80. The lowest BCUT2D eigenvalue weighted by Gasteiger charge is -2.33. The first-order chi connectivity index (χ1) is 19.2. The predicted octanol–water partition coefficient (Wildman–Crippen LogP) is 6.48. The van der Waals surface area contributed by atoms with Gasteiger partial charge in [-0.1, -0.05) is 84.9 Å². The lowest BCUT2D eigenvalue weighted by Crippen LogP contribution is -2.44. The molecule has 1 N–H and O–H groups in total. The van der Waals surface area contributed by atoms with E-state index in [4.69, 9.17) is 9.72 Å². The summed E-state index contributed by atoms with van der Waals surface area (Å²) in [4.78, 5) is 6.95. The second-order valence-corrected chi connectivity index (χ2v) is 9.53. The molecule has 4 heteroatoms. The van der Waals surface area contributed by atoms with Crippen molar-refractivity contribution in [2.75, 3.05) is 11.5 Å². The molecule has 0 fully saturated rings. The molecule has 5 aromatic rings. The standard InChI is InChI=1S/C35H31N3O/c1-3-39-33-21-10-9-18-31(33)28-19-13-20-29(25(28)2)32-24-26-14-7-8-17-30(26)35(37-32)38(27-15-5-4-6-16-27)34-22-11-12-23-36-34/h4-24,32,37H,3H2,1-2H3. The van der Waals surface area contributed by atoms with Crippen LogP contribution in [0.2, 0.25) is 0 Å². The van der Waals surface area contributed by atoms with E-state index in [1.165, 1.54) is 21.9 Å². The number of aromatic nitrogens is 1. The van der Waals surface area contributed by atoms with Gasteiger partial charge in [0, 0.05) is 22.7 Å². The lowest BCUT2D eigenvalue weighted by molar-refractivity contribution is 0.341. The first-order valence-electron chi connectivity index (χ1n) is 13.4. The molecule has 4 nitrogen and oxygen atoms in total. The number of nitrogens with one attached hydrogen (secondary N) is 1. The second-order valence-electron chi connectivity index (χ2n) is 9.53. The fourth-order valence-corrected chi connectivity index (χ4v) is 5.35. The van der Waals surface area contributed by atoms with E-state index in [1.54, 1.807) is 0 Å². The highest BCUT2D eigenvalue weighted by Gasteiger charge is 2.24. The Hall–Kier alpha value is -4.83. The van der Waals surface area contributed by atoms with E-state index >= 15 is 0 Å². The number of hydrogen-bond acceptors (Lipinski definition) is 4. The summed E-state index contributed by atoms with van der Waals surface area (Å²) in [5.74, 6) is 2.77. The molecule has 192 valence electrons. The van der Waals surface area contributed by atoms with Crippen LogP contribution in [0.15, 0.2) is 121 Å². The molecule has 1 aliphatic rings. The van der Waals surface area contributed by atoms with Crippen LogP contribution >= 0.6 is 0 Å². The molecule has 0 amide bonds. The zero-order chi connectivity index (χ0) is 26.6. The van der Waals surface area contributed by atoms with Gasteiger partial charge in [0.15, 0.2) is 0 Å². The first-order valence-corrected chi connectivity index (χ1v) is 13.4. The summed E-state index contributed by atoms with van der Waals surface area (Å²) in [6, 6.07) is 39.8. The number of benzene rings is 4. The Morgan fingerprint density at radius 1 is 0.769 bits per heavy atom. The molecule has 2 heterocycles. The normalized spacial score (nSPS) is 14.1.